The van der Waals surface area contributed by atoms with Crippen molar-refractivity contribution in [1.82, 2.24) is 10.6 Å². The van der Waals surface area contributed by atoms with E-state index in [1.165, 1.54) is 5.56 Å². The Hall–Kier alpha value is -0.770. The van der Waals surface area contributed by atoms with Crippen molar-refractivity contribution in [2.75, 3.05) is 19.6 Å². The highest BCUT2D eigenvalue weighted by molar-refractivity contribution is 6.42. The highest BCUT2D eigenvalue weighted by Crippen LogP contribution is 2.37. The van der Waals surface area contributed by atoms with Gasteiger partial charge in [-0.25, -0.2) is 0 Å². The molecule has 1 aromatic carbocycles. The third-order valence-electron chi connectivity index (χ3n) is 3.98. The molecular formula is C15H20Cl2N2O. The van der Waals surface area contributed by atoms with E-state index in [9.17, 15) is 4.79 Å². The molecule has 0 spiro atoms. The van der Waals surface area contributed by atoms with Crippen molar-refractivity contribution in [2.45, 2.75) is 31.6 Å². The smallest absolute Gasteiger partial charge is 0.216 e. The van der Waals surface area contributed by atoms with Crippen molar-refractivity contribution in [2.24, 2.45) is 0 Å². The van der Waals surface area contributed by atoms with Crippen LogP contribution in [0.15, 0.2) is 18.2 Å². The van der Waals surface area contributed by atoms with Crippen molar-refractivity contribution in [3.05, 3.63) is 33.8 Å². The van der Waals surface area contributed by atoms with Gasteiger partial charge in [0.2, 0.25) is 5.91 Å². The van der Waals surface area contributed by atoms with Gasteiger partial charge in [0.25, 0.3) is 0 Å². The number of rotatable bonds is 4. The monoisotopic (exact) mass is 314 g/mol. The molecule has 2 rings (SSSR count). The number of piperidine rings is 1. The molecule has 1 amide bonds. The minimum atomic E-state index is 0.0121. The second-order valence-electron chi connectivity index (χ2n) is 5.42. The van der Waals surface area contributed by atoms with E-state index in [2.05, 4.69) is 16.7 Å². The molecule has 1 aliphatic heterocycles. The van der Waals surface area contributed by atoms with Crippen LogP contribution in [0.1, 0.15) is 31.7 Å². The fourth-order valence-corrected chi connectivity index (χ4v) is 3.17. The second-order valence-corrected chi connectivity index (χ2v) is 6.24. The summed E-state index contributed by atoms with van der Waals surface area (Å²) in [6.45, 7) is 4.18. The van der Waals surface area contributed by atoms with Crippen LogP contribution in [0.4, 0.5) is 0 Å². The Morgan fingerprint density at radius 1 is 1.40 bits per heavy atom. The molecule has 1 unspecified atom stereocenters. The number of carbonyl (C=O) groups is 1. The van der Waals surface area contributed by atoms with Crippen molar-refractivity contribution in [1.29, 1.82) is 0 Å². The predicted octanol–water partition coefficient (Wildman–Crippen LogP) is 3.14. The maximum Gasteiger partial charge on any atom is 0.216 e. The van der Waals surface area contributed by atoms with Gasteiger partial charge in [0.1, 0.15) is 0 Å². The maximum atomic E-state index is 11.1. The summed E-state index contributed by atoms with van der Waals surface area (Å²) in [5.74, 6) is 0.0121. The van der Waals surface area contributed by atoms with Gasteiger partial charge in [-0.1, -0.05) is 29.3 Å². The SMILES string of the molecule is CC(=O)NCCC1(c2ccc(Cl)c(Cl)c2)CCCNC1. The van der Waals surface area contributed by atoms with Crippen LogP contribution in [0.2, 0.25) is 10.0 Å². The number of benzene rings is 1. The molecule has 1 saturated heterocycles. The van der Waals surface area contributed by atoms with E-state index >= 15 is 0 Å². The Balaban J connectivity index is 2.21. The van der Waals surface area contributed by atoms with Crippen LogP contribution in [0, 0.1) is 0 Å². The molecule has 110 valence electrons. The molecule has 5 heteroatoms. The predicted molar refractivity (Wildman–Crippen MR) is 83.5 cm³/mol. The normalized spacial score (nSPS) is 22.6. The Morgan fingerprint density at radius 3 is 2.80 bits per heavy atom. The molecule has 2 N–H and O–H groups in total. The molecule has 0 radical (unpaired) electrons. The van der Waals surface area contributed by atoms with Crippen LogP contribution in [-0.2, 0) is 10.2 Å². The van der Waals surface area contributed by atoms with Crippen LogP contribution in [0.5, 0.6) is 0 Å². The van der Waals surface area contributed by atoms with E-state index in [4.69, 9.17) is 23.2 Å². The van der Waals surface area contributed by atoms with Gasteiger partial charge >= 0.3 is 0 Å². The zero-order valence-corrected chi connectivity index (χ0v) is 13.2. The highest BCUT2D eigenvalue weighted by Gasteiger charge is 2.33. The van der Waals surface area contributed by atoms with E-state index in [1.807, 2.05) is 12.1 Å². The fraction of sp³-hybridized carbons (Fsp3) is 0.533. The first-order chi connectivity index (χ1) is 9.53. The number of hydrogen-bond acceptors (Lipinski definition) is 2. The molecule has 0 bridgehead atoms. The standard InChI is InChI=1S/C15H20Cl2N2O/c1-11(20)19-8-6-15(5-2-7-18-10-15)12-3-4-13(16)14(17)9-12/h3-4,9,18H,2,5-8,10H2,1H3,(H,19,20). The molecule has 1 atom stereocenters. The lowest BCUT2D eigenvalue weighted by molar-refractivity contribution is -0.119. The molecule has 0 aliphatic carbocycles. The summed E-state index contributed by atoms with van der Waals surface area (Å²) < 4.78 is 0. The Bertz CT molecular complexity index is 485. The van der Waals surface area contributed by atoms with E-state index in [-0.39, 0.29) is 11.3 Å². The summed E-state index contributed by atoms with van der Waals surface area (Å²) in [7, 11) is 0. The summed E-state index contributed by atoms with van der Waals surface area (Å²) in [5.41, 5.74) is 1.22. The van der Waals surface area contributed by atoms with Gasteiger partial charge in [0.15, 0.2) is 0 Å². The molecule has 20 heavy (non-hydrogen) atoms. The molecule has 1 aliphatic rings. The lowest BCUT2D eigenvalue weighted by Gasteiger charge is -2.38. The Morgan fingerprint density at radius 2 is 2.20 bits per heavy atom. The molecule has 3 nitrogen and oxygen atoms in total. The van der Waals surface area contributed by atoms with Crippen molar-refractivity contribution >= 4 is 29.1 Å². The number of hydrogen-bond donors (Lipinski definition) is 2. The zero-order chi connectivity index (χ0) is 14.6. The second kappa shape index (κ2) is 6.79. The van der Waals surface area contributed by atoms with Crippen LogP contribution < -0.4 is 10.6 Å². The average Bonchev–Trinajstić information content (AvgIpc) is 2.42. The number of amides is 1. The minimum Gasteiger partial charge on any atom is -0.356 e. The van der Waals surface area contributed by atoms with Crippen molar-refractivity contribution in [3.8, 4) is 0 Å². The first-order valence-corrected chi connectivity index (χ1v) is 7.70. The molecule has 1 aromatic rings. The van der Waals surface area contributed by atoms with E-state index in [0.29, 0.717) is 16.6 Å². The van der Waals surface area contributed by atoms with Gasteiger partial charge in [0, 0.05) is 25.4 Å². The summed E-state index contributed by atoms with van der Waals surface area (Å²) in [6.07, 6.45) is 3.12. The number of carbonyl (C=O) groups excluding carboxylic acids is 1. The molecule has 1 heterocycles. The van der Waals surface area contributed by atoms with Gasteiger partial charge in [-0.2, -0.15) is 0 Å². The summed E-state index contributed by atoms with van der Waals surface area (Å²) in [6, 6.07) is 5.87. The van der Waals surface area contributed by atoms with Gasteiger partial charge in [0.05, 0.1) is 10.0 Å². The Labute approximate surface area is 130 Å². The van der Waals surface area contributed by atoms with Crippen molar-refractivity contribution < 1.29 is 4.79 Å². The summed E-state index contributed by atoms with van der Waals surface area (Å²) in [4.78, 5) is 11.1. The van der Waals surface area contributed by atoms with Crippen LogP contribution in [0.3, 0.4) is 0 Å². The fourth-order valence-electron chi connectivity index (χ4n) is 2.88. The van der Waals surface area contributed by atoms with Gasteiger partial charge in [-0.05, 0) is 43.5 Å². The van der Waals surface area contributed by atoms with E-state index < -0.39 is 0 Å². The average molecular weight is 315 g/mol. The molecule has 1 fully saturated rings. The first kappa shape index (κ1) is 15.6. The topological polar surface area (TPSA) is 41.1 Å². The number of halogens is 2. The zero-order valence-electron chi connectivity index (χ0n) is 11.6. The molecule has 0 aromatic heterocycles. The van der Waals surface area contributed by atoms with Gasteiger partial charge in [-0.15, -0.1) is 0 Å². The van der Waals surface area contributed by atoms with E-state index in [0.717, 1.165) is 32.4 Å². The highest BCUT2D eigenvalue weighted by atomic mass is 35.5. The third-order valence-corrected chi connectivity index (χ3v) is 4.72. The van der Waals surface area contributed by atoms with Crippen LogP contribution in [0.25, 0.3) is 0 Å². The minimum absolute atomic E-state index is 0.0121. The first-order valence-electron chi connectivity index (χ1n) is 6.94. The molecule has 0 saturated carbocycles. The van der Waals surface area contributed by atoms with Gasteiger partial charge in [-0.3, -0.25) is 4.79 Å². The lowest BCUT2D eigenvalue weighted by atomic mass is 9.72. The number of nitrogens with one attached hydrogen (secondary N) is 2. The van der Waals surface area contributed by atoms with Gasteiger partial charge < -0.3 is 10.6 Å². The quantitative estimate of drug-likeness (QED) is 0.896. The lowest BCUT2D eigenvalue weighted by Crippen LogP contribution is -2.45. The third kappa shape index (κ3) is 3.66. The summed E-state index contributed by atoms with van der Waals surface area (Å²) in [5, 5.41) is 7.52. The largest absolute Gasteiger partial charge is 0.356 e. The maximum absolute atomic E-state index is 11.1. The summed E-state index contributed by atoms with van der Waals surface area (Å²) >= 11 is 12.2. The van der Waals surface area contributed by atoms with Crippen molar-refractivity contribution in [3.63, 3.8) is 0 Å². The van der Waals surface area contributed by atoms with Crippen LogP contribution >= 0.6 is 23.2 Å². The van der Waals surface area contributed by atoms with Crippen LogP contribution in [-0.4, -0.2) is 25.5 Å². The molecular weight excluding hydrogens is 295 g/mol. The van der Waals surface area contributed by atoms with E-state index in [1.54, 1.807) is 6.92 Å². The Kier molecular flexibility index (Phi) is 5.30.